The first-order valence-electron chi connectivity index (χ1n) is 5.74. The Morgan fingerprint density at radius 1 is 1.53 bits per heavy atom. The van der Waals surface area contributed by atoms with Gasteiger partial charge in [0.25, 0.3) is 0 Å². The second kappa shape index (κ2) is 5.47. The predicted molar refractivity (Wildman–Crippen MR) is 60.0 cm³/mol. The lowest BCUT2D eigenvalue weighted by Gasteiger charge is -2.32. The largest absolute Gasteiger partial charge is 0.480 e. The minimum Gasteiger partial charge on any atom is -0.480 e. The van der Waals surface area contributed by atoms with Crippen molar-refractivity contribution >= 4 is 5.97 Å². The summed E-state index contributed by atoms with van der Waals surface area (Å²) in [5, 5.41) is 12.4. The summed E-state index contributed by atoms with van der Waals surface area (Å²) in [6.45, 7) is 7.77. The smallest absolute Gasteiger partial charge is 0.320 e. The maximum absolute atomic E-state index is 11.0. The molecule has 88 valence electrons. The molecule has 0 saturated carbocycles. The highest BCUT2D eigenvalue weighted by atomic mass is 16.4. The quantitative estimate of drug-likeness (QED) is 0.714. The lowest BCUT2D eigenvalue weighted by molar-refractivity contribution is -0.143. The van der Waals surface area contributed by atoms with Crippen molar-refractivity contribution in [2.45, 2.75) is 51.7 Å². The molecule has 0 radical (unpaired) electrons. The van der Waals surface area contributed by atoms with Gasteiger partial charge in [0.05, 0.1) is 0 Å². The summed E-state index contributed by atoms with van der Waals surface area (Å²) in [6.07, 6.45) is 2.37. The molecule has 1 saturated heterocycles. The Morgan fingerprint density at radius 2 is 2.20 bits per heavy atom. The third-order valence-electron chi connectivity index (χ3n) is 3.11. The van der Waals surface area contributed by atoms with Gasteiger partial charge < -0.3 is 10.4 Å². The molecule has 2 unspecified atom stereocenters. The van der Waals surface area contributed by atoms with E-state index in [0.29, 0.717) is 6.04 Å². The van der Waals surface area contributed by atoms with Gasteiger partial charge in [0, 0.05) is 18.6 Å². The highest BCUT2D eigenvalue weighted by Gasteiger charge is 2.26. The lowest BCUT2D eigenvalue weighted by Crippen LogP contribution is -2.48. The van der Waals surface area contributed by atoms with E-state index in [1.165, 1.54) is 6.42 Å². The first-order valence-corrected chi connectivity index (χ1v) is 5.74. The fraction of sp³-hybridized carbons (Fsp3) is 0.909. The van der Waals surface area contributed by atoms with Gasteiger partial charge in [0.1, 0.15) is 6.04 Å². The Balaban J connectivity index is 2.53. The van der Waals surface area contributed by atoms with Crippen LogP contribution >= 0.6 is 0 Å². The first kappa shape index (κ1) is 12.5. The number of rotatable bonds is 5. The van der Waals surface area contributed by atoms with Crippen molar-refractivity contribution in [1.82, 2.24) is 10.2 Å². The average Bonchev–Trinajstić information content (AvgIpc) is 2.64. The molecule has 0 aromatic rings. The van der Waals surface area contributed by atoms with E-state index in [9.17, 15) is 4.79 Å². The minimum atomic E-state index is -0.735. The molecule has 0 amide bonds. The van der Waals surface area contributed by atoms with Gasteiger partial charge in [-0.3, -0.25) is 9.69 Å². The molecule has 0 aliphatic carbocycles. The van der Waals surface area contributed by atoms with Crippen molar-refractivity contribution in [1.29, 1.82) is 0 Å². The molecule has 0 aromatic carbocycles. The van der Waals surface area contributed by atoms with Crippen molar-refractivity contribution in [3.8, 4) is 0 Å². The molecule has 15 heavy (non-hydrogen) atoms. The van der Waals surface area contributed by atoms with Crippen LogP contribution in [0.3, 0.4) is 0 Å². The molecule has 1 rings (SSSR count). The Hall–Kier alpha value is -0.610. The highest BCUT2D eigenvalue weighted by molar-refractivity contribution is 5.72. The number of nitrogens with zero attached hydrogens (tertiary/aromatic N) is 1. The van der Waals surface area contributed by atoms with E-state index < -0.39 is 12.0 Å². The number of aliphatic carboxylic acids is 1. The summed E-state index contributed by atoms with van der Waals surface area (Å²) in [6, 6.07) is 0.347. The van der Waals surface area contributed by atoms with E-state index in [-0.39, 0.29) is 6.04 Å². The Labute approximate surface area is 91.6 Å². The van der Waals surface area contributed by atoms with Crippen molar-refractivity contribution < 1.29 is 9.90 Å². The fourth-order valence-electron chi connectivity index (χ4n) is 2.13. The summed E-state index contributed by atoms with van der Waals surface area (Å²) in [5.74, 6) is -0.735. The summed E-state index contributed by atoms with van der Waals surface area (Å²) in [5.41, 5.74) is 0. The minimum absolute atomic E-state index is 0.276. The van der Waals surface area contributed by atoms with E-state index in [4.69, 9.17) is 5.11 Å². The van der Waals surface area contributed by atoms with Crippen LogP contribution in [-0.2, 0) is 4.79 Å². The van der Waals surface area contributed by atoms with Crippen LogP contribution in [0.4, 0.5) is 0 Å². The van der Waals surface area contributed by atoms with Crippen LogP contribution in [0.15, 0.2) is 0 Å². The van der Waals surface area contributed by atoms with Crippen molar-refractivity contribution in [2.24, 2.45) is 0 Å². The molecular formula is C11H22N2O2. The van der Waals surface area contributed by atoms with Crippen LogP contribution in [-0.4, -0.2) is 47.2 Å². The van der Waals surface area contributed by atoms with E-state index in [1.54, 1.807) is 6.92 Å². The summed E-state index contributed by atoms with van der Waals surface area (Å²) < 4.78 is 0. The fourth-order valence-corrected chi connectivity index (χ4v) is 2.13. The molecule has 0 spiro atoms. The SMILES string of the molecule is CC(C)N(CC1CCCN1)C(C)C(=O)O. The van der Waals surface area contributed by atoms with E-state index in [2.05, 4.69) is 5.32 Å². The standard InChI is InChI=1S/C11H22N2O2/c1-8(2)13(9(3)11(14)15)7-10-5-4-6-12-10/h8-10,12H,4-7H2,1-3H3,(H,14,15). The first-order chi connectivity index (χ1) is 7.02. The zero-order chi connectivity index (χ0) is 11.4. The number of carboxylic acid groups (broad SMARTS) is 1. The number of carbonyl (C=O) groups is 1. The summed E-state index contributed by atoms with van der Waals surface area (Å²) in [4.78, 5) is 13.0. The maximum Gasteiger partial charge on any atom is 0.320 e. The third kappa shape index (κ3) is 3.47. The van der Waals surface area contributed by atoms with Gasteiger partial charge in [-0.05, 0) is 40.2 Å². The molecule has 0 bridgehead atoms. The molecular weight excluding hydrogens is 192 g/mol. The van der Waals surface area contributed by atoms with Gasteiger partial charge in [0.2, 0.25) is 0 Å². The molecule has 1 fully saturated rings. The maximum atomic E-state index is 11.0. The molecule has 1 heterocycles. The van der Waals surface area contributed by atoms with Crippen molar-refractivity contribution in [3.63, 3.8) is 0 Å². The number of nitrogens with one attached hydrogen (secondary N) is 1. The zero-order valence-corrected chi connectivity index (χ0v) is 9.86. The average molecular weight is 214 g/mol. The Bertz CT molecular complexity index is 213. The summed E-state index contributed by atoms with van der Waals surface area (Å²) >= 11 is 0. The second-order valence-electron chi connectivity index (χ2n) is 4.60. The van der Waals surface area contributed by atoms with E-state index in [1.807, 2.05) is 18.7 Å². The number of hydrogen-bond acceptors (Lipinski definition) is 3. The predicted octanol–water partition coefficient (Wildman–Crippen LogP) is 0.922. The van der Waals surface area contributed by atoms with Gasteiger partial charge in [-0.2, -0.15) is 0 Å². The van der Waals surface area contributed by atoms with Crippen LogP contribution in [0.5, 0.6) is 0 Å². The topological polar surface area (TPSA) is 52.6 Å². The third-order valence-corrected chi connectivity index (χ3v) is 3.11. The molecule has 2 N–H and O–H groups in total. The summed E-state index contributed by atoms with van der Waals surface area (Å²) in [7, 11) is 0. The van der Waals surface area contributed by atoms with Gasteiger partial charge in [-0.25, -0.2) is 0 Å². The van der Waals surface area contributed by atoms with Gasteiger partial charge in [-0.15, -0.1) is 0 Å². The van der Waals surface area contributed by atoms with Crippen LogP contribution in [0, 0.1) is 0 Å². The lowest BCUT2D eigenvalue weighted by atomic mass is 10.1. The van der Waals surface area contributed by atoms with Crippen molar-refractivity contribution in [2.75, 3.05) is 13.1 Å². The second-order valence-corrected chi connectivity index (χ2v) is 4.60. The van der Waals surface area contributed by atoms with E-state index in [0.717, 1.165) is 19.5 Å². The van der Waals surface area contributed by atoms with Gasteiger partial charge >= 0.3 is 5.97 Å². The van der Waals surface area contributed by atoms with Crippen LogP contribution in [0.25, 0.3) is 0 Å². The van der Waals surface area contributed by atoms with Crippen LogP contribution in [0.1, 0.15) is 33.6 Å². The molecule has 0 aromatic heterocycles. The molecule has 4 nitrogen and oxygen atoms in total. The highest BCUT2D eigenvalue weighted by Crippen LogP contribution is 2.12. The number of carboxylic acids is 1. The normalized spacial score (nSPS) is 23.7. The van der Waals surface area contributed by atoms with Gasteiger partial charge in [-0.1, -0.05) is 0 Å². The Morgan fingerprint density at radius 3 is 2.60 bits per heavy atom. The van der Waals surface area contributed by atoms with Crippen molar-refractivity contribution in [3.05, 3.63) is 0 Å². The van der Waals surface area contributed by atoms with Crippen LogP contribution < -0.4 is 5.32 Å². The molecule has 2 atom stereocenters. The number of hydrogen-bond donors (Lipinski definition) is 2. The molecule has 4 heteroatoms. The zero-order valence-electron chi connectivity index (χ0n) is 9.86. The monoisotopic (exact) mass is 214 g/mol. The molecule has 1 aliphatic rings. The van der Waals surface area contributed by atoms with E-state index >= 15 is 0 Å². The molecule has 1 aliphatic heterocycles. The van der Waals surface area contributed by atoms with Gasteiger partial charge in [0.15, 0.2) is 0 Å². The van der Waals surface area contributed by atoms with Crippen LogP contribution in [0.2, 0.25) is 0 Å². The Kier molecular flexibility index (Phi) is 4.54.